The van der Waals surface area contributed by atoms with Crippen LogP contribution in [-0.2, 0) is 17.5 Å². The van der Waals surface area contributed by atoms with Gasteiger partial charge in [-0.15, -0.1) is 0 Å². The average Bonchev–Trinajstić information content (AvgIpc) is 2.34. The van der Waals surface area contributed by atoms with Gasteiger partial charge in [-0.25, -0.2) is 4.79 Å². The van der Waals surface area contributed by atoms with Crippen molar-refractivity contribution in [1.82, 2.24) is 0 Å². The summed E-state index contributed by atoms with van der Waals surface area (Å²) in [4.78, 5) is 11.3. The zero-order valence-corrected chi connectivity index (χ0v) is 9.34. The van der Waals surface area contributed by atoms with Crippen LogP contribution in [-0.4, -0.2) is 13.1 Å². The van der Waals surface area contributed by atoms with Crippen molar-refractivity contribution >= 4 is 5.97 Å². The molecule has 0 spiro atoms. The Bertz CT molecular complexity index is 518. The van der Waals surface area contributed by atoms with Gasteiger partial charge in [0.1, 0.15) is 6.07 Å². The highest BCUT2D eigenvalue weighted by Crippen LogP contribution is 2.33. The maximum absolute atomic E-state index is 12.7. The lowest BCUT2D eigenvalue weighted by Crippen LogP contribution is -2.15. The highest BCUT2D eigenvalue weighted by molar-refractivity contribution is 5.92. The van der Waals surface area contributed by atoms with Crippen molar-refractivity contribution in [2.45, 2.75) is 12.7 Å². The summed E-state index contributed by atoms with van der Waals surface area (Å²) in [6.07, 6.45) is -4.65. The fraction of sp³-hybridized carbons (Fsp3) is 0.273. The molecule has 0 bridgehead atoms. The van der Waals surface area contributed by atoms with Gasteiger partial charge in [-0.3, -0.25) is 0 Å². The van der Waals surface area contributed by atoms with Crippen LogP contribution in [0, 0.1) is 11.3 Å². The van der Waals surface area contributed by atoms with Crippen LogP contribution in [0.2, 0.25) is 0 Å². The van der Waals surface area contributed by atoms with Crippen molar-refractivity contribution in [3.05, 3.63) is 34.4 Å². The number of hydrogen-bond donors (Lipinski definition) is 1. The predicted octanol–water partition coefficient (Wildman–Crippen LogP) is 1.82. The van der Waals surface area contributed by atoms with Crippen molar-refractivity contribution in [3.8, 4) is 6.07 Å². The molecule has 1 aromatic rings. The number of carbonyl (C=O) groups excluding carboxylic acids is 1. The molecule has 0 atom stereocenters. The molecule has 18 heavy (non-hydrogen) atoms. The molecule has 0 saturated heterocycles. The number of esters is 1. The topological polar surface area (TPSA) is 76.1 Å². The normalized spacial score (nSPS) is 10.9. The molecular weight excluding hydrogens is 249 g/mol. The number of benzene rings is 1. The molecule has 0 heterocycles. The zero-order valence-electron chi connectivity index (χ0n) is 9.34. The summed E-state index contributed by atoms with van der Waals surface area (Å²) in [6, 6.07) is 3.18. The van der Waals surface area contributed by atoms with Gasteiger partial charge in [0.15, 0.2) is 0 Å². The number of halogens is 3. The monoisotopic (exact) mass is 258 g/mol. The molecule has 4 nitrogen and oxygen atoms in total. The quantitative estimate of drug-likeness (QED) is 0.821. The molecule has 96 valence electrons. The fourth-order valence-corrected chi connectivity index (χ4v) is 1.45. The van der Waals surface area contributed by atoms with Crippen molar-refractivity contribution in [3.63, 3.8) is 0 Å². The number of methoxy groups -OCH3 is 1. The largest absolute Gasteiger partial charge is 0.465 e. The van der Waals surface area contributed by atoms with E-state index in [1.54, 1.807) is 6.07 Å². The summed E-state index contributed by atoms with van der Waals surface area (Å²) in [5.74, 6) is -0.999. The van der Waals surface area contributed by atoms with Crippen molar-refractivity contribution < 1.29 is 22.7 Å². The van der Waals surface area contributed by atoms with Crippen molar-refractivity contribution in [2.24, 2.45) is 5.73 Å². The number of rotatable bonds is 2. The fourth-order valence-electron chi connectivity index (χ4n) is 1.45. The predicted molar refractivity (Wildman–Crippen MR) is 55.4 cm³/mol. The van der Waals surface area contributed by atoms with Gasteiger partial charge in [-0.2, -0.15) is 18.4 Å². The summed E-state index contributed by atoms with van der Waals surface area (Å²) in [5, 5.41) is 8.80. The molecule has 2 N–H and O–H groups in total. The van der Waals surface area contributed by atoms with Gasteiger partial charge in [0.25, 0.3) is 0 Å². The van der Waals surface area contributed by atoms with Crippen LogP contribution in [0.15, 0.2) is 12.1 Å². The molecule has 0 aliphatic rings. The van der Waals surface area contributed by atoms with Crippen LogP contribution < -0.4 is 5.73 Å². The van der Waals surface area contributed by atoms with Crippen molar-refractivity contribution in [2.75, 3.05) is 7.11 Å². The van der Waals surface area contributed by atoms with E-state index in [1.165, 1.54) is 0 Å². The van der Waals surface area contributed by atoms with E-state index in [2.05, 4.69) is 4.74 Å². The van der Waals surface area contributed by atoms with Gasteiger partial charge in [-0.1, -0.05) is 0 Å². The second kappa shape index (κ2) is 5.06. The summed E-state index contributed by atoms with van der Waals surface area (Å²) in [7, 11) is 1.02. The lowest BCUT2D eigenvalue weighted by molar-refractivity contribution is -0.138. The Balaban J connectivity index is 3.55. The second-order valence-electron chi connectivity index (χ2n) is 3.36. The highest BCUT2D eigenvalue weighted by atomic mass is 19.4. The van der Waals surface area contributed by atoms with E-state index in [0.717, 1.165) is 13.2 Å². The number of nitrogens with two attached hydrogens (primary N) is 1. The number of hydrogen-bond acceptors (Lipinski definition) is 4. The molecule has 1 rings (SSSR count). The van der Waals surface area contributed by atoms with Crippen LogP contribution >= 0.6 is 0 Å². The van der Waals surface area contributed by atoms with Crippen LogP contribution in [0.4, 0.5) is 13.2 Å². The minimum Gasteiger partial charge on any atom is -0.465 e. The van der Waals surface area contributed by atoms with E-state index in [9.17, 15) is 18.0 Å². The van der Waals surface area contributed by atoms with E-state index in [4.69, 9.17) is 11.0 Å². The number of ether oxygens (including phenoxy) is 1. The lowest BCUT2D eigenvalue weighted by atomic mass is 9.98. The summed E-state index contributed by atoms with van der Waals surface area (Å²) < 4.78 is 42.5. The van der Waals surface area contributed by atoms with Gasteiger partial charge in [0, 0.05) is 6.54 Å². The van der Waals surface area contributed by atoms with E-state index < -0.39 is 23.3 Å². The van der Waals surface area contributed by atoms with Crippen LogP contribution in [0.25, 0.3) is 0 Å². The molecule has 0 fully saturated rings. The van der Waals surface area contributed by atoms with E-state index in [1.807, 2.05) is 0 Å². The van der Waals surface area contributed by atoms with Crippen LogP contribution in [0.3, 0.4) is 0 Å². The van der Waals surface area contributed by atoms with Gasteiger partial charge in [-0.05, 0) is 17.7 Å². The second-order valence-corrected chi connectivity index (χ2v) is 3.36. The van der Waals surface area contributed by atoms with E-state index >= 15 is 0 Å². The third kappa shape index (κ3) is 2.60. The van der Waals surface area contributed by atoms with Gasteiger partial charge < -0.3 is 10.5 Å². The molecule has 0 aliphatic heterocycles. The first-order valence-electron chi connectivity index (χ1n) is 4.77. The Hall–Kier alpha value is -2.07. The summed E-state index contributed by atoms with van der Waals surface area (Å²) >= 11 is 0. The first-order chi connectivity index (χ1) is 8.35. The Morgan fingerprint density at radius 1 is 1.50 bits per heavy atom. The molecule has 0 amide bonds. The van der Waals surface area contributed by atoms with Crippen LogP contribution in [0.5, 0.6) is 0 Å². The number of nitriles is 1. The minimum absolute atomic E-state index is 0.199. The van der Waals surface area contributed by atoms with E-state index in [0.29, 0.717) is 6.07 Å². The third-order valence-corrected chi connectivity index (χ3v) is 2.29. The first-order valence-corrected chi connectivity index (χ1v) is 4.77. The van der Waals surface area contributed by atoms with Gasteiger partial charge in [0.05, 0.1) is 23.8 Å². The van der Waals surface area contributed by atoms with E-state index in [-0.39, 0.29) is 17.7 Å². The van der Waals surface area contributed by atoms with Crippen molar-refractivity contribution in [1.29, 1.82) is 5.26 Å². The first kappa shape index (κ1) is 14.0. The average molecular weight is 258 g/mol. The lowest BCUT2D eigenvalue weighted by Gasteiger charge is -2.14. The highest BCUT2D eigenvalue weighted by Gasteiger charge is 2.34. The SMILES string of the molecule is COC(=O)c1cc(C(F)(F)F)c(CN)cc1C#N. The maximum atomic E-state index is 12.7. The molecule has 0 aliphatic carbocycles. The molecule has 7 heteroatoms. The molecule has 0 radical (unpaired) electrons. The molecular formula is C11H9F3N2O2. The minimum atomic E-state index is -4.65. The number of nitrogens with zero attached hydrogens (tertiary/aromatic N) is 1. The Labute approximate surface area is 101 Å². The standard InChI is InChI=1S/C11H9F3N2O2/c1-18-10(17)8-3-9(11(12,13)14)7(5-16)2-6(8)4-15/h2-3H,5,16H2,1H3. The molecule has 0 aromatic heterocycles. The summed E-state index contributed by atoms with van der Waals surface area (Å²) in [5.41, 5.74) is 3.30. The Morgan fingerprint density at radius 3 is 2.50 bits per heavy atom. The number of carbonyl (C=O) groups is 1. The summed E-state index contributed by atoms with van der Waals surface area (Å²) in [6.45, 7) is -0.384. The molecule has 1 aromatic carbocycles. The van der Waals surface area contributed by atoms with Crippen LogP contribution in [0.1, 0.15) is 27.0 Å². The molecule has 0 unspecified atom stereocenters. The number of alkyl halides is 3. The van der Waals surface area contributed by atoms with Gasteiger partial charge >= 0.3 is 12.1 Å². The third-order valence-electron chi connectivity index (χ3n) is 2.29. The Morgan fingerprint density at radius 2 is 2.11 bits per heavy atom. The molecule has 0 saturated carbocycles. The zero-order chi connectivity index (χ0) is 13.9. The van der Waals surface area contributed by atoms with Gasteiger partial charge in [0.2, 0.25) is 0 Å². The smallest absolute Gasteiger partial charge is 0.416 e. The Kier molecular flexibility index (Phi) is 3.93. The maximum Gasteiger partial charge on any atom is 0.416 e.